The average molecular weight is 676 g/mol. The lowest BCUT2D eigenvalue weighted by Crippen LogP contribution is -2.74. The van der Waals surface area contributed by atoms with Gasteiger partial charge in [-0.05, 0) is 20.3 Å². The minimum Gasteiger partial charge on any atom is -0.350 e. The Morgan fingerprint density at radius 1 is 0.372 bits per heavy atom. The van der Waals surface area contributed by atoms with Gasteiger partial charge < -0.3 is 9.47 Å². The molecule has 0 bridgehead atoms. The number of hydrogen-bond acceptors (Lipinski definition) is 2. The third-order valence-corrected chi connectivity index (χ3v) is 6.58. The molecule has 0 aromatic rings. The van der Waals surface area contributed by atoms with Gasteiger partial charge in [-0.25, -0.2) is 0 Å². The molecule has 0 heterocycles. The molecule has 0 rings (SSSR count). The molecule has 19 heteroatoms. The van der Waals surface area contributed by atoms with Crippen LogP contribution in [-0.4, -0.2) is 66.6 Å². The van der Waals surface area contributed by atoms with Crippen LogP contribution in [0.1, 0.15) is 85.0 Å². The van der Waals surface area contributed by atoms with Crippen LogP contribution in [0.25, 0.3) is 0 Å². The van der Waals surface area contributed by atoms with Gasteiger partial charge in [0.1, 0.15) is 0 Å². The Morgan fingerprint density at radius 2 is 0.721 bits per heavy atom. The fourth-order valence-corrected chi connectivity index (χ4v) is 4.03. The number of rotatable bonds is 21. The van der Waals surface area contributed by atoms with Gasteiger partial charge in [0.2, 0.25) is 0 Å². The maximum absolute atomic E-state index is 14.5. The van der Waals surface area contributed by atoms with E-state index in [4.69, 9.17) is 9.47 Å². The lowest BCUT2D eigenvalue weighted by Gasteiger charge is -2.43. The molecule has 0 unspecified atom stereocenters. The van der Waals surface area contributed by atoms with Crippen molar-refractivity contribution in [2.75, 3.05) is 13.2 Å². The maximum atomic E-state index is 14.5. The summed E-state index contributed by atoms with van der Waals surface area (Å²) in [5.41, 5.74) is 0. The largest absolute Gasteiger partial charge is 0.460 e. The van der Waals surface area contributed by atoms with Crippen molar-refractivity contribution in [1.29, 1.82) is 0 Å². The number of unbranched alkanes of at least 4 members (excludes halogenated alkanes) is 6. The number of hydrogen-bond donors (Lipinski definition) is 0. The molecule has 0 saturated carbocycles. The highest BCUT2D eigenvalue weighted by molar-refractivity contribution is 5.15. The van der Waals surface area contributed by atoms with E-state index in [2.05, 4.69) is 0 Å². The molecule has 0 spiro atoms. The molecular weight excluding hydrogens is 643 g/mol. The monoisotopic (exact) mass is 676 g/mol. The summed E-state index contributed by atoms with van der Waals surface area (Å²) >= 11 is 0. The van der Waals surface area contributed by atoms with Gasteiger partial charge in [0, 0.05) is 32.5 Å². The quantitative estimate of drug-likeness (QED) is 0.0685. The molecule has 0 radical (unpaired) electrons. The van der Waals surface area contributed by atoms with Crippen molar-refractivity contribution in [3.8, 4) is 0 Å². The molecule has 0 aromatic heterocycles. The van der Waals surface area contributed by atoms with E-state index in [-0.39, 0.29) is 26.1 Å². The molecule has 0 saturated heterocycles. The van der Waals surface area contributed by atoms with Crippen LogP contribution in [0.15, 0.2) is 0 Å². The molecule has 0 aliphatic rings. The smallest absolute Gasteiger partial charge is 0.350 e. The van der Waals surface area contributed by atoms with Gasteiger partial charge in [-0.1, -0.05) is 45.4 Å². The summed E-state index contributed by atoms with van der Waals surface area (Å²) in [5, 5.41) is 0. The molecule has 0 N–H and O–H groups in total. The predicted octanol–water partition coefficient (Wildman–Crippen LogP) is 10.7. The standard InChI is InChI=1S/C24H33F17O2/c1-4-7-8-9-10-11-12-13-16(42-5-2,43-6-3)14-15-17(25,26)18(27,28)19(29,30)20(31,32)21(33,34)22(35,36)23(37,38)24(39,40)41/h4-15H2,1-3H3. The Kier molecular flexibility index (Phi) is 14.0. The van der Waals surface area contributed by atoms with Crippen molar-refractivity contribution < 1.29 is 84.1 Å². The lowest BCUT2D eigenvalue weighted by molar-refractivity contribution is -0.462. The lowest BCUT2D eigenvalue weighted by atomic mass is 9.87. The first-order valence-corrected chi connectivity index (χ1v) is 13.1. The van der Waals surface area contributed by atoms with E-state index in [9.17, 15) is 74.6 Å². The summed E-state index contributed by atoms with van der Waals surface area (Å²) in [4.78, 5) is 0. The van der Waals surface area contributed by atoms with Crippen molar-refractivity contribution in [2.24, 2.45) is 0 Å². The van der Waals surface area contributed by atoms with Crippen LogP contribution in [0.2, 0.25) is 0 Å². The first kappa shape index (κ1) is 41.7. The van der Waals surface area contributed by atoms with Gasteiger partial charge in [0.25, 0.3) is 0 Å². The summed E-state index contributed by atoms with van der Waals surface area (Å²) in [6.45, 7) is 3.81. The first-order valence-electron chi connectivity index (χ1n) is 13.1. The minimum atomic E-state index is -8.64. The summed E-state index contributed by atoms with van der Waals surface area (Å²) in [5.74, 6) is -58.6. The Morgan fingerprint density at radius 3 is 1.09 bits per heavy atom. The Hall–Kier alpha value is -1.27. The van der Waals surface area contributed by atoms with E-state index in [0.717, 1.165) is 25.7 Å². The molecule has 0 aliphatic carbocycles. The summed E-state index contributed by atoms with van der Waals surface area (Å²) < 4.78 is 241. The topological polar surface area (TPSA) is 18.5 Å². The van der Waals surface area contributed by atoms with Crippen LogP contribution in [0, 0.1) is 0 Å². The minimum absolute atomic E-state index is 0.136. The van der Waals surface area contributed by atoms with Gasteiger partial charge in [-0.2, -0.15) is 74.6 Å². The predicted molar refractivity (Wildman–Crippen MR) is 119 cm³/mol. The highest BCUT2D eigenvalue weighted by Gasteiger charge is 2.95. The highest BCUT2D eigenvalue weighted by Crippen LogP contribution is 2.64. The first-order chi connectivity index (χ1) is 19.1. The molecule has 0 fully saturated rings. The van der Waals surface area contributed by atoms with Gasteiger partial charge >= 0.3 is 47.6 Å². The molecule has 2 nitrogen and oxygen atoms in total. The fourth-order valence-electron chi connectivity index (χ4n) is 4.03. The van der Waals surface area contributed by atoms with E-state index < -0.39 is 66.3 Å². The molecule has 0 amide bonds. The van der Waals surface area contributed by atoms with Crippen molar-refractivity contribution in [3.63, 3.8) is 0 Å². The van der Waals surface area contributed by atoms with E-state index >= 15 is 0 Å². The molecule has 260 valence electrons. The molecule has 0 aliphatic heterocycles. The Balaban J connectivity index is 6.27. The molecule has 0 aromatic carbocycles. The summed E-state index contributed by atoms with van der Waals surface area (Å²) in [6.07, 6.45) is -7.51. The van der Waals surface area contributed by atoms with Crippen molar-refractivity contribution in [1.82, 2.24) is 0 Å². The zero-order valence-corrected chi connectivity index (χ0v) is 23.2. The average Bonchev–Trinajstić information content (AvgIpc) is 2.86. The SMILES string of the molecule is CCCCCCCCCC(CCC(F)(F)C(F)(F)C(F)(F)C(F)(F)C(F)(F)C(F)(F)C(F)(F)C(F)(F)F)(OCC)OCC. The van der Waals surface area contributed by atoms with E-state index in [1.807, 2.05) is 6.92 Å². The van der Waals surface area contributed by atoms with Crippen molar-refractivity contribution in [2.45, 2.75) is 138 Å². The molecular formula is C24H33F17O2. The van der Waals surface area contributed by atoms with Gasteiger partial charge in [-0.15, -0.1) is 0 Å². The van der Waals surface area contributed by atoms with E-state index in [0.29, 0.717) is 12.8 Å². The normalized spacial score (nSPS) is 15.3. The zero-order valence-electron chi connectivity index (χ0n) is 23.2. The van der Waals surface area contributed by atoms with Crippen LogP contribution in [0.3, 0.4) is 0 Å². The van der Waals surface area contributed by atoms with Gasteiger partial charge in [0.15, 0.2) is 5.79 Å². The second kappa shape index (κ2) is 14.4. The molecule has 0 atom stereocenters. The van der Waals surface area contributed by atoms with Crippen LogP contribution in [0.4, 0.5) is 74.6 Å². The van der Waals surface area contributed by atoms with E-state index in [1.54, 1.807) is 0 Å². The van der Waals surface area contributed by atoms with E-state index in [1.165, 1.54) is 13.8 Å². The number of ether oxygens (including phenoxy) is 2. The van der Waals surface area contributed by atoms with Crippen molar-refractivity contribution >= 4 is 0 Å². The number of halogens is 17. The second-order valence-electron chi connectivity index (χ2n) is 9.80. The van der Waals surface area contributed by atoms with Gasteiger partial charge in [0.05, 0.1) is 0 Å². The van der Waals surface area contributed by atoms with Crippen LogP contribution < -0.4 is 0 Å². The second-order valence-corrected chi connectivity index (χ2v) is 9.80. The Labute approximate surface area is 236 Å². The molecule has 43 heavy (non-hydrogen) atoms. The third kappa shape index (κ3) is 8.12. The number of alkyl halides is 17. The van der Waals surface area contributed by atoms with Crippen LogP contribution in [0.5, 0.6) is 0 Å². The van der Waals surface area contributed by atoms with Crippen LogP contribution in [-0.2, 0) is 9.47 Å². The Bertz CT molecular complexity index is 834. The highest BCUT2D eigenvalue weighted by atomic mass is 19.4. The van der Waals surface area contributed by atoms with Crippen molar-refractivity contribution in [3.05, 3.63) is 0 Å². The third-order valence-electron chi connectivity index (χ3n) is 6.58. The summed E-state index contributed by atoms with van der Waals surface area (Å²) in [6, 6.07) is 0. The summed E-state index contributed by atoms with van der Waals surface area (Å²) in [7, 11) is 0. The fraction of sp³-hybridized carbons (Fsp3) is 1.00. The van der Waals surface area contributed by atoms with Gasteiger partial charge in [-0.3, -0.25) is 0 Å². The zero-order chi connectivity index (χ0) is 34.4. The maximum Gasteiger partial charge on any atom is 0.460 e. The van der Waals surface area contributed by atoms with Crippen LogP contribution >= 0.6 is 0 Å².